The van der Waals surface area contributed by atoms with E-state index in [9.17, 15) is 9.90 Å². The van der Waals surface area contributed by atoms with E-state index in [1.807, 2.05) is 19.1 Å². The highest BCUT2D eigenvalue weighted by molar-refractivity contribution is 6.31. The molecule has 0 radical (unpaired) electrons. The van der Waals surface area contributed by atoms with Crippen molar-refractivity contribution < 1.29 is 9.90 Å². The molecule has 0 fully saturated rings. The van der Waals surface area contributed by atoms with Gasteiger partial charge in [0, 0.05) is 25.9 Å². The molecular formula is C15H17ClN2O2. The molecule has 20 heavy (non-hydrogen) atoms. The first-order valence-corrected chi connectivity index (χ1v) is 6.66. The fourth-order valence-corrected chi connectivity index (χ4v) is 2.39. The monoisotopic (exact) mass is 292 g/mol. The van der Waals surface area contributed by atoms with Crippen LogP contribution in [-0.2, 0) is 7.05 Å². The first-order chi connectivity index (χ1) is 9.41. The van der Waals surface area contributed by atoms with Crippen LogP contribution in [-0.4, -0.2) is 27.5 Å². The Morgan fingerprint density at radius 3 is 2.60 bits per heavy atom. The molecule has 1 N–H and O–H groups in total. The number of rotatable bonds is 3. The average Bonchev–Trinajstić information content (AvgIpc) is 2.76. The summed E-state index contributed by atoms with van der Waals surface area (Å²) in [6.07, 6.45) is 1.69. The third-order valence-electron chi connectivity index (χ3n) is 3.48. The molecule has 2 rings (SSSR count). The zero-order valence-electron chi connectivity index (χ0n) is 11.7. The Balaban J connectivity index is 2.27. The highest BCUT2D eigenvalue weighted by atomic mass is 35.5. The third-order valence-corrected chi connectivity index (χ3v) is 3.69. The molecule has 0 saturated heterocycles. The number of para-hydroxylation sites is 1. The van der Waals surface area contributed by atoms with Crippen LogP contribution in [0.3, 0.4) is 0 Å². The largest absolute Gasteiger partial charge is 0.508 e. The van der Waals surface area contributed by atoms with Gasteiger partial charge >= 0.3 is 0 Å². The standard InChI is InChI=1S/C15H17ClN2O2/c1-10(12-6-4-5-7-14(12)19)18(3)15(20)13-8-11(16)9-17(13)2/h4-10,19H,1-3H3. The van der Waals surface area contributed by atoms with Gasteiger partial charge in [0.1, 0.15) is 11.4 Å². The summed E-state index contributed by atoms with van der Waals surface area (Å²) in [7, 11) is 3.48. The number of aryl methyl sites for hydroxylation is 1. The minimum absolute atomic E-state index is 0.143. The molecule has 1 aromatic carbocycles. The molecule has 1 amide bonds. The van der Waals surface area contributed by atoms with Crippen molar-refractivity contribution in [2.75, 3.05) is 7.05 Å². The van der Waals surface area contributed by atoms with E-state index in [-0.39, 0.29) is 17.7 Å². The van der Waals surface area contributed by atoms with Crippen molar-refractivity contribution in [2.24, 2.45) is 7.05 Å². The lowest BCUT2D eigenvalue weighted by Gasteiger charge is -2.26. The number of carbonyl (C=O) groups excluding carboxylic acids is 1. The molecule has 1 unspecified atom stereocenters. The summed E-state index contributed by atoms with van der Waals surface area (Å²) in [5.41, 5.74) is 1.23. The van der Waals surface area contributed by atoms with Crippen molar-refractivity contribution in [2.45, 2.75) is 13.0 Å². The van der Waals surface area contributed by atoms with Crippen molar-refractivity contribution in [3.63, 3.8) is 0 Å². The molecule has 0 saturated carbocycles. The molecule has 1 atom stereocenters. The number of phenolic OH excluding ortho intramolecular Hbond substituents is 1. The summed E-state index contributed by atoms with van der Waals surface area (Å²) in [6.45, 7) is 1.87. The van der Waals surface area contributed by atoms with Crippen LogP contribution in [0.5, 0.6) is 5.75 Å². The molecule has 2 aromatic rings. The van der Waals surface area contributed by atoms with Gasteiger partial charge in [-0.25, -0.2) is 0 Å². The van der Waals surface area contributed by atoms with Gasteiger partial charge in [-0.05, 0) is 19.1 Å². The van der Waals surface area contributed by atoms with E-state index in [1.54, 1.807) is 48.0 Å². The van der Waals surface area contributed by atoms with Crippen LogP contribution in [0.25, 0.3) is 0 Å². The number of amides is 1. The van der Waals surface area contributed by atoms with E-state index in [1.165, 1.54) is 0 Å². The van der Waals surface area contributed by atoms with Crippen LogP contribution < -0.4 is 0 Å². The summed E-state index contributed by atoms with van der Waals surface area (Å²) < 4.78 is 1.69. The zero-order valence-corrected chi connectivity index (χ0v) is 12.4. The number of hydrogen-bond acceptors (Lipinski definition) is 2. The van der Waals surface area contributed by atoms with E-state index in [0.717, 1.165) is 0 Å². The van der Waals surface area contributed by atoms with Crippen molar-refractivity contribution in [1.29, 1.82) is 0 Å². The highest BCUT2D eigenvalue weighted by Crippen LogP contribution is 2.28. The van der Waals surface area contributed by atoms with Gasteiger partial charge < -0.3 is 14.6 Å². The van der Waals surface area contributed by atoms with Crippen molar-refractivity contribution >= 4 is 17.5 Å². The second-order valence-electron chi connectivity index (χ2n) is 4.81. The molecule has 0 bridgehead atoms. The maximum atomic E-state index is 12.5. The minimum Gasteiger partial charge on any atom is -0.508 e. The van der Waals surface area contributed by atoms with E-state index < -0.39 is 0 Å². The number of halogens is 1. The van der Waals surface area contributed by atoms with Crippen molar-refractivity contribution in [3.05, 3.63) is 52.8 Å². The molecule has 0 aliphatic rings. The van der Waals surface area contributed by atoms with E-state index in [4.69, 9.17) is 11.6 Å². The average molecular weight is 293 g/mol. The van der Waals surface area contributed by atoms with Crippen molar-refractivity contribution in [1.82, 2.24) is 9.47 Å². The third kappa shape index (κ3) is 2.65. The summed E-state index contributed by atoms with van der Waals surface area (Å²) >= 11 is 5.90. The van der Waals surface area contributed by atoms with E-state index >= 15 is 0 Å². The lowest BCUT2D eigenvalue weighted by Crippen LogP contribution is -2.31. The number of aromatic hydroxyl groups is 1. The Bertz CT molecular complexity index is 637. The molecule has 106 valence electrons. The number of phenols is 1. The summed E-state index contributed by atoms with van der Waals surface area (Å²) in [5.74, 6) is 0.0414. The minimum atomic E-state index is -0.239. The van der Waals surface area contributed by atoms with Gasteiger partial charge in [0.2, 0.25) is 0 Å². The second kappa shape index (κ2) is 5.59. The molecule has 4 nitrogen and oxygen atoms in total. The van der Waals surface area contributed by atoms with Gasteiger partial charge in [-0.3, -0.25) is 4.79 Å². The molecule has 0 spiro atoms. The van der Waals surface area contributed by atoms with Crippen LogP contribution in [0, 0.1) is 0 Å². The van der Waals surface area contributed by atoms with Gasteiger partial charge in [0.25, 0.3) is 5.91 Å². The van der Waals surface area contributed by atoms with Crippen LogP contribution in [0.15, 0.2) is 36.5 Å². The molecule has 1 heterocycles. The second-order valence-corrected chi connectivity index (χ2v) is 5.24. The number of benzene rings is 1. The van der Waals surface area contributed by atoms with E-state index in [2.05, 4.69) is 0 Å². The lowest BCUT2D eigenvalue weighted by atomic mass is 10.1. The van der Waals surface area contributed by atoms with Crippen LogP contribution in [0.1, 0.15) is 29.0 Å². The van der Waals surface area contributed by atoms with Gasteiger partial charge in [0.05, 0.1) is 11.1 Å². The summed E-state index contributed by atoms with van der Waals surface area (Å²) in [5, 5.41) is 10.4. The highest BCUT2D eigenvalue weighted by Gasteiger charge is 2.22. The van der Waals surface area contributed by atoms with Gasteiger partial charge in [0.15, 0.2) is 0 Å². The summed E-state index contributed by atoms with van der Waals surface area (Å²) in [6, 6.07) is 8.41. The van der Waals surface area contributed by atoms with Gasteiger partial charge in [-0.1, -0.05) is 29.8 Å². The fraction of sp³-hybridized carbons (Fsp3) is 0.267. The number of hydrogen-bond donors (Lipinski definition) is 1. The first-order valence-electron chi connectivity index (χ1n) is 6.28. The molecular weight excluding hydrogens is 276 g/mol. The Labute approximate surface area is 123 Å². The van der Waals surface area contributed by atoms with Gasteiger partial charge in [-0.15, -0.1) is 0 Å². The molecule has 0 aliphatic carbocycles. The normalized spacial score (nSPS) is 12.2. The Morgan fingerprint density at radius 2 is 2.05 bits per heavy atom. The zero-order chi connectivity index (χ0) is 14.9. The molecule has 1 aromatic heterocycles. The topological polar surface area (TPSA) is 45.5 Å². The predicted octanol–water partition coefficient (Wildman–Crippen LogP) is 3.22. The Kier molecular flexibility index (Phi) is 4.04. The van der Waals surface area contributed by atoms with Crippen LogP contribution in [0.2, 0.25) is 5.02 Å². The smallest absolute Gasteiger partial charge is 0.270 e. The SMILES string of the molecule is CC(c1ccccc1O)N(C)C(=O)c1cc(Cl)cn1C. The first kappa shape index (κ1) is 14.5. The van der Waals surface area contributed by atoms with E-state index in [0.29, 0.717) is 16.3 Å². The maximum absolute atomic E-state index is 12.5. The number of nitrogens with zero attached hydrogens (tertiary/aromatic N) is 2. The van der Waals surface area contributed by atoms with Crippen LogP contribution >= 0.6 is 11.6 Å². The molecule has 0 aliphatic heterocycles. The summed E-state index contributed by atoms with van der Waals surface area (Å²) in [4.78, 5) is 14.1. The quantitative estimate of drug-likeness (QED) is 0.944. The Morgan fingerprint density at radius 1 is 1.40 bits per heavy atom. The maximum Gasteiger partial charge on any atom is 0.270 e. The Hall–Kier alpha value is -1.94. The number of carbonyl (C=O) groups is 1. The molecule has 5 heteroatoms. The predicted molar refractivity (Wildman–Crippen MR) is 79.0 cm³/mol. The fourth-order valence-electron chi connectivity index (χ4n) is 2.14. The van der Waals surface area contributed by atoms with Crippen LogP contribution in [0.4, 0.5) is 0 Å². The number of aromatic nitrogens is 1. The van der Waals surface area contributed by atoms with Gasteiger partial charge in [-0.2, -0.15) is 0 Å². The van der Waals surface area contributed by atoms with Crippen molar-refractivity contribution in [3.8, 4) is 5.75 Å². The lowest BCUT2D eigenvalue weighted by molar-refractivity contribution is 0.0731.